The molecule has 1 saturated heterocycles. The van der Waals surface area contributed by atoms with Crippen molar-refractivity contribution in [3.8, 4) is 0 Å². The SMILES string of the molecule is Cc1ccc(CN2CCSCC2)cc1NC(=O)c1cccnc1S(=O)(=O)C(F)(F)F. The number of nitrogens with zero attached hydrogens (tertiary/aromatic N) is 2. The van der Waals surface area contributed by atoms with Crippen molar-refractivity contribution in [1.29, 1.82) is 0 Å². The molecule has 2 heterocycles. The standard InChI is InChI=1S/C19H20F3N3O3S2/c1-13-4-5-14(12-25-7-9-29-10-8-25)11-16(13)24-17(26)15-3-2-6-23-18(15)30(27,28)19(20,21)22/h2-6,11H,7-10,12H2,1H3,(H,24,26). The van der Waals surface area contributed by atoms with Gasteiger partial charge < -0.3 is 5.32 Å². The first-order chi connectivity index (χ1) is 14.1. The number of hydrogen-bond donors (Lipinski definition) is 1. The Hall–Kier alpha value is -2.11. The molecule has 30 heavy (non-hydrogen) atoms. The average Bonchev–Trinajstić information content (AvgIpc) is 2.70. The molecule has 0 spiro atoms. The summed E-state index contributed by atoms with van der Waals surface area (Å²) in [5.41, 5.74) is -4.17. The van der Waals surface area contributed by atoms with Crippen LogP contribution >= 0.6 is 11.8 Å². The Morgan fingerprint density at radius 3 is 2.60 bits per heavy atom. The summed E-state index contributed by atoms with van der Waals surface area (Å²) in [5.74, 6) is 1.13. The molecule has 1 amide bonds. The number of aryl methyl sites for hydroxylation is 1. The zero-order valence-corrected chi connectivity index (χ0v) is 17.7. The predicted molar refractivity (Wildman–Crippen MR) is 109 cm³/mol. The predicted octanol–water partition coefficient (Wildman–Crippen LogP) is 3.48. The molecule has 0 bridgehead atoms. The zero-order valence-electron chi connectivity index (χ0n) is 16.1. The van der Waals surface area contributed by atoms with Crippen molar-refractivity contribution >= 4 is 33.2 Å². The first-order valence-electron chi connectivity index (χ1n) is 9.07. The van der Waals surface area contributed by atoms with Crippen LogP contribution in [0.2, 0.25) is 0 Å². The van der Waals surface area contributed by atoms with Crippen molar-refractivity contribution in [3.63, 3.8) is 0 Å². The molecule has 11 heteroatoms. The number of pyridine rings is 1. The minimum atomic E-state index is -5.76. The van der Waals surface area contributed by atoms with Gasteiger partial charge >= 0.3 is 5.51 Å². The molecule has 0 radical (unpaired) electrons. The van der Waals surface area contributed by atoms with E-state index < -0.39 is 31.8 Å². The maximum atomic E-state index is 13.0. The van der Waals surface area contributed by atoms with Crippen molar-refractivity contribution in [2.45, 2.75) is 24.0 Å². The van der Waals surface area contributed by atoms with Gasteiger partial charge in [-0.25, -0.2) is 13.4 Å². The summed E-state index contributed by atoms with van der Waals surface area (Å²) in [4.78, 5) is 18.3. The van der Waals surface area contributed by atoms with Gasteiger partial charge in [0.15, 0.2) is 5.03 Å². The minimum absolute atomic E-state index is 0.406. The fourth-order valence-electron chi connectivity index (χ4n) is 3.00. The summed E-state index contributed by atoms with van der Waals surface area (Å²) in [6.07, 6.45) is 0.901. The van der Waals surface area contributed by atoms with Crippen LogP contribution in [-0.4, -0.2) is 54.3 Å². The minimum Gasteiger partial charge on any atom is -0.322 e. The third kappa shape index (κ3) is 4.96. The maximum absolute atomic E-state index is 13.0. The molecule has 0 unspecified atom stereocenters. The molecule has 0 atom stereocenters. The van der Waals surface area contributed by atoms with E-state index in [-0.39, 0.29) is 0 Å². The van der Waals surface area contributed by atoms with Crippen molar-refractivity contribution < 1.29 is 26.4 Å². The highest BCUT2D eigenvalue weighted by molar-refractivity contribution is 7.99. The first kappa shape index (κ1) is 22.6. The molecule has 1 fully saturated rings. The van der Waals surface area contributed by atoms with E-state index in [0.29, 0.717) is 17.8 Å². The Bertz CT molecular complexity index is 1040. The van der Waals surface area contributed by atoms with Crippen LogP contribution in [0.4, 0.5) is 18.9 Å². The van der Waals surface area contributed by atoms with Gasteiger partial charge in [0.05, 0.1) is 5.56 Å². The molecule has 162 valence electrons. The van der Waals surface area contributed by atoms with E-state index in [1.54, 1.807) is 19.1 Å². The Kier molecular flexibility index (Phi) is 6.73. The van der Waals surface area contributed by atoms with Crippen molar-refractivity contribution in [2.24, 2.45) is 0 Å². The molecule has 1 aromatic heterocycles. The highest BCUT2D eigenvalue weighted by atomic mass is 32.2. The largest absolute Gasteiger partial charge is 0.503 e. The van der Waals surface area contributed by atoms with Gasteiger partial charge in [0.25, 0.3) is 15.7 Å². The van der Waals surface area contributed by atoms with Crippen LogP contribution in [0.15, 0.2) is 41.6 Å². The number of aromatic nitrogens is 1. The van der Waals surface area contributed by atoms with Gasteiger partial charge in [0.2, 0.25) is 0 Å². The van der Waals surface area contributed by atoms with Crippen molar-refractivity contribution in [3.05, 3.63) is 53.2 Å². The van der Waals surface area contributed by atoms with E-state index >= 15 is 0 Å². The van der Waals surface area contributed by atoms with Crippen molar-refractivity contribution in [1.82, 2.24) is 9.88 Å². The van der Waals surface area contributed by atoms with E-state index in [2.05, 4.69) is 15.2 Å². The van der Waals surface area contributed by atoms with Gasteiger partial charge in [-0.2, -0.15) is 24.9 Å². The smallest absolute Gasteiger partial charge is 0.322 e. The fourth-order valence-corrected chi connectivity index (χ4v) is 4.84. The Morgan fingerprint density at radius 2 is 1.93 bits per heavy atom. The van der Waals surface area contributed by atoms with Crippen LogP contribution in [0.1, 0.15) is 21.5 Å². The topological polar surface area (TPSA) is 79.4 Å². The summed E-state index contributed by atoms with van der Waals surface area (Å²) >= 11 is 1.89. The first-order valence-corrected chi connectivity index (χ1v) is 11.7. The highest BCUT2D eigenvalue weighted by Crippen LogP contribution is 2.31. The Balaban J connectivity index is 1.86. The number of hydrogen-bond acceptors (Lipinski definition) is 6. The average molecular weight is 460 g/mol. The normalized spacial score (nSPS) is 15.7. The quantitative estimate of drug-likeness (QED) is 0.738. The molecule has 1 aliphatic rings. The number of rotatable bonds is 5. The lowest BCUT2D eigenvalue weighted by atomic mass is 10.1. The van der Waals surface area contributed by atoms with Crippen LogP contribution in [0.3, 0.4) is 0 Å². The summed E-state index contributed by atoms with van der Waals surface area (Å²) in [5, 5.41) is 1.22. The number of sulfone groups is 1. The number of alkyl halides is 3. The molecule has 2 aromatic rings. The summed E-state index contributed by atoms with van der Waals surface area (Å²) in [6.45, 7) is 4.33. The van der Waals surface area contributed by atoms with E-state index in [1.807, 2.05) is 17.8 Å². The van der Waals surface area contributed by atoms with E-state index in [1.165, 1.54) is 6.07 Å². The van der Waals surface area contributed by atoms with E-state index in [9.17, 15) is 26.4 Å². The lowest BCUT2D eigenvalue weighted by Gasteiger charge is -2.26. The van der Waals surface area contributed by atoms with Gasteiger partial charge in [0, 0.05) is 43.0 Å². The monoisotopic (exact) mass is 459 g/mol. The Labute approximate surface area is 176 Å². The van der Waals surface area contributed by atoms with E-state index in [0.717, 1.165) is 42.4 Å². The molecule has 1 aliphatic heterocycles. The van der Waals surface area contributed by atoms with Crippen molar-refractivity contribution in [2.75, 3.05) is 29.9 Å². The number of benzene rings is 1. The second kappa shape index (κ2) is 8.94. The molecule has 1 N–H and O–H groups in total. The molecular weight excluding hydrogens is 439 g/mol. The third-order valence-corrected chi connectivity index (χ3v) is 7.02. The number of carbonyl (C=O) groups is 1. The third-order valence-electron chi connectivity index (χ3n) is 4.64. The summed E-state index contributed by atoms with van der Waals surface area (Å²) < 4.78 is 62.5. The van der Waals surface area contributed by atoms with Gasteiger partial charge in [-0.05, 0) is 36.2 Å². The highest BCUT2D eigenvalue weighted by Gasteiger charge is 2.49. The second-order valence-corrected chi connectivity index (χ2v) is 9.88. The second-order valence-electron chi connectivity index (χ2n) is 6.80. The van der Waals surface area contributed by atoms with E-state index in [4.69, 9.17) is 0 Å². The summed E-state index contributed by atoms with van der Waals surface area (Å²) in [6, 6.07) is 7.70. The van der Waals surface area contributed by atoms with Gasteiger partial charge in [-0.3, -0.25) is 9.69 Å². The maximum Gasteiger partial charge on any atom is 0.503 e. The number of anilines is 1. The van der Waals surface area contributed by atoms with Crippen LogP contribution in [0, 0.1) is 6.92 Å². The fraction of sp³-hybridized carbons (Fsp3) is 0.368. The van der Waals surface area contributed by atoms with Crippen LogP contribution in [0.5, 0.6) is 0 Å². The number of halogens is 3. The van der Waals surface area contributed by atoms with Crippen LogP contribution < -0.4 is 5.32 Å². The van der Waals surface area contributed by atoms with Gasteiger partial charge in [-0.1, -0.05) is 12.1 Å². The number of nitrogens with one attached hydrogen (secondary N) is 1. The molecule has 0 aliphatic carbocycles. The van der Waals surface area contributed by atoms with Crippen LogP contribution in [0.25, 0.3) is 0 Å². The number of amides is 1. The molecule has 6 nitrogen and oxygen atoms in total. The molecule has 3 rings (SSSR count). The number of thioether (sulfide) groups is 1. The summed E-state index contributed by atoms with van der Waals surface area (Å²) in [7, 11) is -5.76. The lowest BCUT2D eigenvalue weighted by molar-refractivity contribution is -0.0438. The Morgan fingerprint density at radius 1 is 1.23 bits per heavy atom. The van der Waals surface area contributed by atoms with Crippen LogP contribution in [-0.2, 0) is 16.4 Å². The number of carbonyl (C=O) groups excluding carboxylic acids is 1. The van der Waals surface area contributed by atoms with Gasteiger partial charge in [-0.15, -0.1) is 0 Å². The zero-order chi connectivity index (χ0) is 21.9. The van der Waals surface area contributed by atoms with Gasteiger partial charge in [0.1, 0.15) is 0 Å². The molecule has 1 aromatic carbocycles. The molecule has 0 saturated carbocycles. The lowest BCUT2D eigenvalue weighted by Crippen LogP contribution is -2.32. The molecular formula is C19H20F3N3O3S2.